The van der Waals surface area contributed by atoms with Gasteiger partial charge in [0.2, 0.25) is 0 Å². The van der Waals surface area contributed by atoms with E-state index in [1.54, 1.807) is 12.1 Å². The Morgan fingerprint density at radius 1 is 1.53 bits per heavy atom. The van der Waals surface area contributed by atoms with Crippen molar-refractivity contribution in [1.82, 2.24) is 0 Å². The highest BCUT2D eigenvalue weighted by atomic mass is 16.5. The van der Waals surface area contributed by atoms with E-state index in [4.69, 9.17) is 4.74 Å². The van der Waals surface area contributed by atoms with E-state index in [0.717, 1.165) is 11.1 Å². The van der Waals surface area contributed by atoms with Crippen LogP contribution >= 0.6 is 0 Å². The van der Waals surface area contributed by atoms with E-state index in [2.05, 4.69) is 4.74 Å². The van der Waals surface area contributed by atoms with E-state index < -0.39 is 12.1 Å². The Morgan fingerprint density at radius 3 is 3.07 bits per heavy atom. The molecule has 0 fully saturated rings. The first-order valence-corrected chi connectivity index (χ1v) is 4.68. The second-order valence-corrected chi connectivity index (χ2v) is 3.40. The van der Waals surface area contributed by atoms with Crippen molar-refractivity contribution in [1.29, 1.82) is 0 Å². The lowest BCUT2D eigenvalue weighted by atomic mass is 9.99. The molecule has 2 rings (SSSR count). The molecular formula is C11H12O4. The van der Waals surface area contributed by atoms with Crippen LogP contribution in [0.1, 0.15) is 22.8 Å². The van der Waals surface area contributed by atoms with E-state index in [9.17, 15) is 9.90 Å². The second-order valence-electron chi connectivity index (χ2n) is 3.40. The van der Waals surface area contributed by atoms with Gasteiger partial charge < -0.3 is 14.6 Å². The monoisotopic (exact) mass is 208 g/mol. The van der Waals surface area contributed by atoms with Crippen LogP contribution in [0.25, 0.3) is 0 Å². The van der Waals surface area contributed by atoms with Crippen LogP contribution in [0.5, 0.6) is 0 Å². The van der Waals surface area contributed by atoms with Gasteiger partial charge in [0.15, 0.2) is 6.10 Å². The number of benzene rings is 1. The fourth-order valence-electron chi connectivity index (χ4n) is 1.72. The zero-order valence-corrected chi connectivity index (χ0v) is 8.40. The van der Waals surface area contributed by atoms with Crippen molar-refractivity contribution >= 4 is 5.97 Å². The van der Waals surface area contributed by atoms with Gasteiger partial charge in [0.25, 0.3) is 0 Å². The Balaban J connectivity index is 2.36. The third-order valence-electron chi connectivity index (χ3n) is 2.53. The molecule has 15 heavy (non-hydrogen) atoms. The molecule has 1 aromatic rings. The number of carbonyl (C=O) groups excluding carboxylic acids is 1. The molecule has 80 valence electrons. The molecule has 0 saturated heterocycles. The minimum Gasteiger partial charge on any atom is -0.467 e. The molecule has 0 aromatic heterocycles. The highest BCUT2D eigenvalue weighted by molar-refractivity contribution is 5.76. The lowest BCUT2D eigenvalue weighted by Gasteiger charge is -2.11. The standard InChI is InChI=1S/C11H12O4/c1-14-11(13)10(12)8-4-2-3-7-5-15-6-9(7)8/h2-4,10,12H,5-6H2,1H3. The Morgan fingerprint density at radius 2 is 2.33 bits per heavy atom. The lowest BCUT2D eigenvalue weighted by molar-refractivity contribution is -0.150. The number of carbonyl (C=O) groups is 1. The minimum absolute atomic E-state index is 0.444. The molecule has 0 bridgehead atoms. The third-order valence-corrected chi connectivity index (χ3v) is 2.53. The minimum atomic E-state index is -1.22. The molecule has 1 N–H and O–H groups in total. The molecule has 0 radical (unpaired) electrons. The molecule has 4 heteroatoms. The van der Waals surface area contributed by atoms with Crippen molar-refractivity contribution < 1.29 is 19.4 Å². The molecule has 0 saturated carbocycles. The van der Waals surface area contributed by atoms with E-state index in [1.165, 1.54) is 7.11 Å². The summed E-state index contributed by atoms with van der Waals surface area (Å²) in [5.74, 6) is -0.643. The maximum atomic E-state index is 11.2. The van der Waals surface area contributed by atoms with Crippen molar-refractivity contribution in [3.63, 3.8) is 0 Å². The highest BCUT2D eigenvalue weighted by Crippen LogP contribution is 2.28. The van der Waals surface area contributed by atoms with Crippen molar-refractivity contribution in [2.24, 2.45) is 0 Å². The van der Waals surface area contributed by atoms with Crippen LogP contribution < -0.4 is 0 Å². The first kappa shape index (κ1) is 10.1. The van der Waals surface area contributed by atoms with Crippen molar-refractivity contribution in [3.05, 3.63) is 34.9 Å². The summed E-state index contributed by atoms with van der Waals surface area (Å²) in [5, 5.41) is 9.72. The number of fused-ring (bicyclic) bond motifs is 1. The number of hydrogen-bond donors (Lipinski definition) is 1. The summed E-state index contributed by atoms with van der Waals surface area (Å²) in [6.07, 6.45) is -1.22. The fraction of sp³-hybridized carbons (Fsp3) is 0.364. The number of rotatable bonds is 2. The highest BCUT2D eigenvalue weighted by Gasteiger charge is 2.24. The summed E-state index contributed by atoms with van der Waals surface area (Å²) >= 11 is 0. The number of aliphatic hydroxyl groups excluding tert-OH is 1. The maximum absolute atomic E-state index is 11.2. The third kappa shape index (κ3) is 1.73. The van der Waals surface area contributed by atoms with Gasteiger partial charge in [-0.3, -0.25) is 0 Å². The van der Waals surface area contributed by atoms with Gasteiger partial charge in [0.1, 0.15) is 0 Å². The summed E-state index contributed by atoms with van der Waals surface area (Å²) in [5.41, 5.74) is 2.50. The molecule has 1 atom stereocenters. The van der Waals surface area contributed by atoms with Crippen LogP contribution in [-0.2, 0) is 27.5 Å². The number of esters is 1. The first-order chi connectivity index (χ1) is 7.24. The van der Waals surface area contributed by atoms with Crippen LogP contribution in [0.2, 0.25) is 0 Å². The van der Waals surface area contributed by atoms with Crippen LogP contribution in [0, 0.1) is 0 Å². The normalized spacial score (nSPS) is 15.9. The summed E-state index contributed by atoms with van der Waals surface area (Å²) in [4.78, 5) is 11.2. The molecule has 1 aliphatic rings. The predicted octanol–water partition coefficient (Wildman–Crippen LogP) is 0.923. The van der Waals surface area contributed by atoms with Gasteiger partial charge in [-0.15, -0.1) is 0 Å². The van der Waals surface area contributed by atoms with E-state index in [-0.39, 0.29) is 0 Å². The Hall–Kier alpha value is -1.39. The smallest absolute Gasteiger partial charge is 0.339 e. The maximum Gasteiger partial charge on any atom is 0.339 e. The number of methoxy groups -OCH3 is 1. The topological polar surface area (TPSA) is 55.8 Å². The quantitative estimate of drug-likeness (QED) is 0.734. The fourth-order valence-corrected chi connectivity index (χ4v) is 1.72. The Kier molecular flexibility index (Phi) is 2.70. The summed E-state index contributed by atoms with van der Waals surface area (Å²) in [6.45, 7) is 0.983. The number of ether oxygens (including phenoxy) is 2. The second kappa shape index (κ2) is 4.00. The van der Waals surface area contributed by atoms with Crippen LogP contribution in [0.15, 0.2) is 18.2 Å². The molecule has 4 nitrogen and oxygen atoms in total. The van der Waals surface area contributed by atoms with Crippen LogP contribution in [0.3, 0.4) is 0 Å². The zero-order chi connectivity index (χ0) is 10.8. The molecule has 0 aliphatic carbocycles. The van der Waals surface area contributed by atoms with Crippen molar-refractivity contribution in [2.45, 2.75) is 19.3 Å². The van der Waals surface area contributed by atoms with E-state index >= 15 is 0 Å². The first-order valence-electron chi connectivity index (χ1n) is 4.68. The van der Waals surface area contributed by atoms with Crippen molar-refractivity contribution in [3.8, 4) is 0 Å². The van der Waals surface area contributed by atoms with Gasteiger partial charge in [0.05, 0.1) is 20.3 Å². The Labute approximate surface area is 87.4 Å². The molecule has 0 amide bonds. The van der Waals surface area contributed by atoms with Gasteiger partial charge in [-0.25, -0.2) is 4.79 Å². The molecule has 0 spiro atoms. The average Bonchev–Trinajstić information content (AvgIpc) is 2.74. The van der Waals surface area contributed by atoms with Gasteiger partial charge in [-0.05, 0) is 16.7 Å². The molecule has 1 aliphatic heterocycles. The van der Waals surface area contributed by atoms with E-state index in [0.29, 0.717) is 18.8 Å². The predicted molar refractivity (Wildman–Crippen MR) is 51.9 cm³/mol. The van der Waals surface area contributed by atoms with Crippen LogP contribution in [-0.4, -0.2) is 18.2 Å². The van der Waals surface area contributed by atoms with Gasteiger partial charge >= 0.3 is 5.97 Å². The van der Waals surface area contributed by atoms with Gasteiger partial charge in [-0.2, -0.15) is 0 Å². The largest absolute Gasteiger partial charge is 0.467 e. The number of aliphatic hydroxyl groups is 1. The van der Waals surface area contributed by atoms with Gasteiger partial charge in [0, 0.05) is 0 Å². The summed E-state index contributed by atoms with van der Waals surface area (Å²) in [7, 11) is 1.26. The lowest BCUT2D eigenvalue weighted by Crippen LogP contribution is -2.15. The van der Waals surface area contributed by atoms with Crippen LogP contribution in [0.4, 0.5) is 0 Å². The average molecular weight is 208 g/mol. The molecule has 1 unspecified atom stereocenters. The SMILES string of the molecule is COC(=O)C(O)c1cccc2c1COC2. The van der Waals surface area contributed by atoms with Gasteiger partial charge in [-0.1, -0.05) is 18.2 Å². The summed E-state index contributed by atoms with van der Waals surface area (Å²) < 4.78 is 9.75. The molecular weight excluding hydrogens is 196 g/mol. The van der Waals surface area contributed by atoms with Crippen molar-refractivity contribution in [2.75, 3.05) is 7.11 Å². The summed E-state index contributed by atoms with van der Waals surface area (Å²) in [6, 6.07) is 5.44. The Bertz CT molecular complexity index is 386. The molecule has 1 aromatic carbocycles. The van der Waals surface area contributed by atoms with E-state index in [1.807, 2.05) is 6.07 Å². The molecule has 1 heterocycles. The number of hydrogen-bond acceptors (Lipinski definition) is 4. The zero-order valence-electron chi connectivity index (χ0n) is 8.40.